The smallest absolute Gasteiger partial charge is 0 e. The van der Waals surface area contributed by atoms with E-state index in [4.69, 9.17) is 0 Å². The standard InChI is InChI=1S/C8H11.Ir/c1-2-4-6-8-7-5-3-1;/h1-3H,4,6-8H2;/q-1;. The summed E-state index contributed by atoms with van der Waals surface area (Å²) in [6.07, 6.45) is 14.5. The molecule has 1 heteroatoms. The van der Waals surface area contributed by atoms with Crippen LogP contribution in [0.5, 0.6) is 0 Å². The van der Waals surface area contributed by atoms with Gasteiger partial charge in [-0.15, -0.1) is 6.42 Å². The van der Waals surface area contributed by atoms with Gasteiger partial charge in [0.15, 0.2) is 0 Å². The molecule has 0 amide bonds. The normalized spacial score (nSPS) is 17.8. The molecule has 0 fully saturated rings. The van der Waals surface area contributed by atoms with Crippen LogP contribution < -0.4 is 0 Å². The van der Waals surface area contributed by atoms with Gasteiger partial charge in [-0.05, 0) is 0 Å². The third kappa shape index (κ3) is 4.62. The fourth-order valence-corrected chi connectivity index (χ4v) is 0.805. The van der Waals surface area contributed by atoms with Crippen LogP contribution in [0, 0.1) is 6.08 Å². The van der Waals surface area contributed by atoms with Crippen LogP contribution in [-0.2, 0) is 20.1 Å². The van der Waals surface area contributed by atoms with Crippen molar-refractivity contribution in [1.29, 1.82) is 0 Å². The van der Waals surface area contributed by atoms with Gasteiger partial charge in [-0.3, -0.25) is 6.08 Å². The van der Waals surface area contributed by atoms with Gasteiger partial charge in [0.05, 0.1) is 0 Å². The van der Waals surface area contributed by atoms with Gasteiger partial charge in [0, 0.05) is 20.1 Å². The van der Waals surface area contributed by atoms with E-state index < -0.39 is 0 Å². The quantitative estimate of drug-likeness (QED) is 0.603. The van der Waals surface area contributed by atoms with E-state index in [1.807, 2.05) is 6.08 Å². The maximum Gasteiger partial charge on any atom is 0 e. The molecule has 0 spiro atoms. The predicted molar refractivity (Wildman–Crippen MR) is 35.4 cm³/mol. The first-order valence-corrected chi connectivity index (χ1v) is 3.22. The predicted octanol–water partition coefficient (Wildman–Crippen LogP) is 2.47. The molecule has 1 aliphatic carbocycles. The van der Waals surface area contributed by atoms with Crippen LogP contribution in [0.25, 0.3) is 0 Å². The second-order valence-corrected chi connectivity index (χ2v) is 2.04. The van der Waals surface area contributed by atoms with E-state index in [1.165, 1.54) is 19.3 Å². The van der Waals surface area contributed by atoms with Gasteiger partial charge in [0.25, 0.3) is 0 Å². The average molecular weight is 299 g/mol. The SMILES string of the molecule is [C-]1=CC=CCCCC1.[Ir]. The van der Waals surface area contributed by atoms with Crippen molar-refractivity contribution in [2.45, 2.75) is 25.7 Å². The Balaban J connectivity index is 0.000000640. The van der Waals surface area contributed by atoms with Gasteiger partial charge in [-0.1, -0.05) is 19.3 Å². The molecule has 9 heavy (non-hydrogen) atoms. The zero-order chi connectivity index (χ0) is 5.66. The third-order valence-corrected chi connectivity index (χ3v) is 1.29. The molecule has 0 unspecified atom stereocenters. The van der Waals surface area contributed by atoms with E-state index in [1.54, 1.807) is 0 Å². The molecule has 0 heterocycles. The van der Waals surface area contributed by atoms with E-state index in [-0.39, 0.29) is 20.1 Å². The molecule has 0 atom stereocenters. The maximum absolute atomic E-state index is 3.18. The third-order valence-electron chi connectivity index (χ3n) is 1.29. The molecule has 0 aliphatic heterocycles. The summed E-state index contributed by atoms with van der Waals surface area (Å²) in [6.45, 7) is 0. The van der Waals surface area contributed by atoms with E-state index >= 15 is 0 Å². The first-order chi connectivity index (χ1) is 4.00. The maximum atomic E-state index is 3.18. The van der Waals surface area contributed by atoms with Gasteiger partial charge in [-0.25, -0.2) is 12.2 Å². The van der Waals surface area contributed by atoms with Gasteiger partial charge in [0.1, 0.15) is 0 Å². The summed E-state index contributed by atoms with van der Waals surface area (Å²) in [5.74, 6) is 0. The van der Waals surface area contributed by atoms with Gasteiger partial charge in [0.2, 0.25) is 0 Å². The molecule has 0 bridgehead atoms. The fraction of sp³-hybridized carbons (Fsp3) is 0.500. The molecule has 0 aromatic heterocycles. The minimum atomic E-state index is 0. The summed E-state index contributed by atoms with van der Waals surface area (Å²) < 4.78 is 0. The Morgan fingerprint density at radius 3 is 3.00 bits per heavy atom. The van der Waals surface area contributed by atoms with Gasteiger partial charge >= 0.3 is 0 Å². The van der Waals surface area contributed by atoms with Crippen molar-refractivity contribution in [3.63, 3.8) is 0 Å². The molecule has 0 aromatic carbocycles. The van der Waals surface area contributed by atoms with Crippen LogP contribution in [0.4, 0.5) is 0 Å². The Bertz CT molecular complexity index is 89.1. The molecular weight excluding hydrogens is 288 g/mol. The van der Waals surface area contributed by atoms with Crippen molar-refractivity contribution in [3.8, 4) is 0 Å². The van der Waals surface area contributed by atoms with Crippen molar-refractivity contribution < 1.29 is 20.1 Å². The van der Waals surface area contributed by atoms with E-state index in [2.05, 4.69) is 18.2 Å². The van der Waals surface area contributed by atoms with Crippen molar-refractivity contribution in [2.75, 3.05) is 0 Å². The van der Waals surface area contributed by atoms with Crippen LogP contribution in [0.3, 0.4) is 0 Å². The summed E-state index contributed by atoms with van der Waals surface area (Å²) in [5.41, 5.74) is 0. The van der Waals surface area contributed by atoms with Crippen LogP contribution in [-0.4, -0.2) is 0 Å². The molecule has 0 N–H and O–H groups in total. The molecule has 0 aromatic rings. The molecule has 1 rings (SSSR count). The van der Waals surface area contributed by atoms with Crippen molar-refractivity contribution >= 4 is 0 Å². The molecule has 1 aliphatic rings. The Morgan fingerprint density at radius 1 is 1.22 bits per heavy atom. The van der Waals surface area contributed by atoms with Crippen LogP contribution in [0.1, 0.15) is 25.7 Å². The topological polar surface area (TPSA) is 0 Å². The van der Waals surface area contributed by atoms with E-state index in [0.717, 1.165) is 6.42 Å². The molecule has 53 valence electrons. The summed E-state index contributed by atoms with van der Waals surface area (Å²) >= 11 is 0. The minimum Gasteiger partial charge on any atom is -0.275 e. The minimum absolute atomic E-state index is 0. The van der Waals surface area contributed by atoms with E-state index in [0.29, 0.717) is 0 Å². The number of rotatable bonds is 0. The zero-order valence-corrected chi connectivity index (χ0v) is 7.79. The summed E-state index contributed by atoms with van der Waals surface area (Å²) in [5, 5.41) is 0. The number of allylic oxidation sites excluding steroid dienone is 4. The van der Waals surface area contributed by atoms with Crippen LogP contribution in [0.15, 0.2) is 18.2 Å². The Kier molecular flexibility index (Phi) is 6.34. The largest absolute Gasteiger partial charge is 0.275 e. The first-order valence-electron chi connectivity index (χ1n) is 3.22. The second-order valence-electron chi connectivity index (χ2n) is 2.04. The number of hydrogen-bond donors (Lipinski definition) is 0. The molecular formula is C8H11Ir-. The monoisotopic (exact) mass is 300 g/mol. The van der Waals surface area contributed by atoms with Gasteiger partial charge in [-0.2, -0.15) is 6.08 Å². The molecule has 1 radical (unpaired) electrons. The molecule has 0 saturated heterocycles. The summed E-state index contributed by atoms with van der Waals surface area (Å²) in [4.78, 5) is 0. The second kappa shape index (κ2) is 6.25. The van der Waals surface area contributed by atoms with Crippen LogP contribution in [0.2, 0.25) is 0 Å². The van der Waals surface area contributed by atoms with Crippen molar-refractivity contribution in [1.82, 2.24) is 0 Å². The molecule has 0 saturated carbocycles. The van der Waals surface area contributed by atoms with Crippen molar-refractivity contribution in [2.24, 2.45) is 0 Å². The molecule has 0 nitrogen and oxygen atoms in total. The number of hydrogen-bond acceptors (Lipinski definition) is 0. The van der Waals surface area contributed by atoms with Crippen molar-refractivity contribution in [3.05, 3.63) is 24.3 Å². The summed E-state index contributed by atoms with van der Waals surface area (Å²) in [7, 11) is 0. The Morgan fingerprint density at radius 2 is 2.11 bits per heavy atom. The average Bonchev–Trinajstić information content (AvgIpc) is 1.62. The van der Waals surface area contributed by atoms with Gasteiger partial charge < -0.3 is 0 Å². The van der Waals surface area contributed by atoms with Crippen LogP contribution >= 0.6 is 0 Å². The Hall–Kier alpha value is 0.129. The fourth-order valence-electron chi connectivity index (χ4n) is 0.805. The van der Waals surface area contributed by atoms with E-state index in [9.17, 15) is 0 Å². The summed E-state index contributed by atoms with van der Waals surface area (Å²) in [6, 6.07) is 0. The zero-order valence-electron chi connectivity index (χ0n) is 5.39. The first kappa shape index (κ1) is 9.13. The Labute approximate surface area is 70.4 Å².